The quantitative estimate of drug-likeness (QED) is 0.669. The van der Waals surface area contributed by atoms with E-state index in [9.17, 15) is 9.18 Å². The van der Waals surface area contributed by atoms with Crippen LogP contribution >= 0.6 is 11.6 Å². The maximum absolute atomic E-state index is 13.8. The number of Topliss-reactive ketones (excluding diaryl/α,β-unsaturated/α-hetero) is 1. The number of aromatic nitrogens is 1. The van der Waals surface area contributed by atoms with Crippen LogP contribution in [-0.4, -0.2) is 10.8 Å². The summed E-state index contributed by atoms with van der Waals surface area (Å²) in [7, 11) is 0. The molecule has 0 aliphatic carbocycles. The Bertz CT molecular complexity index is 806. The molecular formula is C17H11ClFNO. The van der Waals surface area contributed by atoms with Gasteiger partial charge in [-0.3, -0.25) is 9.78 Å². The Morgan fingerprint density at radius 2 is 1.95 bits per heavy atom. The van der Waals surface area contributed by atoms with E-state index in [0.29, 0.717) is 5.56 Å². The summed E-state index contributed by atoms with van der Waals surface area (Å²) in [6, 6.07) is 11.7. The zero-order valence-electron chi connectivity index (χ0n) is 11.0. The minimum Gasteiger partial charge on any atom is -0.294 e. The average molecular weight is 300 g/mol. The summed E-state index contributed by atoms with van der Waals surface area (Å²) in [5.41, 5.74) is 0.755. The zero-order valence-corrected chi connectivity index (χ0v) is 11.8. The van der Waals surface area contributed by atoms with Gasteiger partial charge in [-0.25, -0.2) is 4.39 Å². The van der Waals surface area contributed by atoms with Crippen LogP contribution in [0.15, 0.2) is 54.9 Å². The van der Waals surface area contributed by atoms with Gasteiger partial charge in [-0.1, -0.05) is 35.9 Å². The van der Waals surface area contributed by atoms with E-state index in [1.807, 2.05) is 12.1 Å². The molecule has 0 saturated heterocycles. The van der Waals surface area contributed by atoms with Gasteiger partial charge >= 0.3 is 0 Å². The topological polar surface area (TPSA) is 30.0 Å². The second-order valence-electron chi connectivity index (χ2n) is 4.70. The molecule has 0 atom stereocenters. The van der Waals surface area contributed by atoms with Gasteiger partial charge in [-0.15, -0.1) is 0 Å². The Balaban J connectivity index is 2.02. The highest BCUT2D eigenvalue weighted by Gasteiger charge is 2.15. The molecule has 21 heavy (non-hydrogen) atoms. The Hall–Kier alpha value is -2.26. The summed E-state index contributed by atoms with van der Waals surface area (Å²) < 4.78 is 13.8. The molecule has 0 amide bonds. The molecular weight excluding hydrogens is 289 g/mol. The largest absolute Gasteiger partial charge is 0.294 e. The second-order valence-corrected chi connectivity index (χ2v) is 5.11. The van der Waals surface area contributed by atoms with Crippen molar-refractivity contribution in [3.05, 3.63) is 76.8 Å². The van der Waals surface area contributed by atoms with E-state index in [-0.39, 0.29) is 22.8 Å². The van der Waals surface area contributed by atoms with E-state index in [4.69, 9.17) is 11.6 Å². The van der Waals surface area contributed by atoms with Crippen LogP contribution in [0, 0.1) is 5.82 Å². The molecule has 0 saturated carbocycles. The summed E-state index contributed by atoms with van der Waals surface area (Å²) in [6.45, 7) is 0. The van der Waals surface area contributed by atoms with Gasteiger partial charge in [-0.05, 0) is 23.6 Å². The van der Waals surface area contributed by atoms with Crippen LogP contribution in [0.3, 0.4) is 0 Å². The van der Waals surface area contributed by atoms with Crippen LogP contribution < -0.4 is 0 Å². The molecule has 0 N–H and O–H groups in total. The van der Waals surface area contributed by atoms with Gasteiger partial charge in [0, 0.05) is 40.4 Å². The fourth-order valence-electron chi connectivity index (χ4n) is 2.31. The van der Waals surface area contributed by atoms with Gasteiger partial charge in [0.25, 0.3) is 0 Å². The van der Waals surface area contributed by atoms with Crippen LogP contribution in [0.2, 0.25) is 5.02 Å². The maximum Gasteiger partial charge on any atom is 0.168 e. The van der Waals surface area contributed by atoms with Crippen molar-refractivity contribution in [3.63, 3.8) is 0 Å². The SMILES string of the molecule is O=C(Cc1c(F)cccc1Cl)c1cccc2ccncc12. The lowest BCUT2D eigenvalue weighted by molar-refractivity contribution is 0.0993. The molecule has 0 unspecified atom stereocenters. The van der Waals surface area contributed by atoms with Gasteiger partial charge < -0.3 is 0 Å². The first kappa shape index (κ1) is 13.7. The number of carbonyl (C=O) groups is 1. The number of hydrogen-bond acceptors (Lipinski definition) is 2. The van der Waals surface area contributed by atoms with Gasteiger partial charge in [0.05, 0.1) is 0 Å². The number of carbonyl (C=O) groups excluding carboxylic acids is 1. The van der Waals surface area contributed by atoms with Crippen molar-refractivity contribution in [2.75, 3.05) is 0 Å². The van der Waals surface area contributed by atoms with Crippen molar-refractivity contribution >= 4 is 28.2 Å². The minimum atomic E-state index is -0.464. The predicted octanol–water partition coefficient (Wildman–Crippen LogP) is 4.45. The van der Waals surface area contributed by atoms with Gasteiger partial charge in [-0.2, -0.15) is 0 Å². The average Bonchev–Trinajstić information content (AvgIpc) is 2.50. The molecule has 0 bridgehead atoms. The number of hydrogen-bond donors (Lipinski definition) is 0. The molecule has 1 heterocycles. The Morgan fingerprint density at radius 1 is 1.14 bits per heavy atom. The molecule has 2 nitrogen and oxygen atoms in total. The summed E-state index contributed by atoms with van der Waals surface area (Å²) in [4.78, 5) is 16.5. The van der Waals surface area contributed by atoms with E-state index in [0.717, 1.165) is 10.8 Å². The predicted molar refractivity (Wildman–Crippen MR) is 81.2 cm³/mol. The smallest absolute Gasteiger partial charge is 0.168 e. The van der Waals surface area contributed by atoms with Crippen molar-refractivity contribution in [1.29, 1.82) is 0 Å². The fourth-order valence-corrected chi connectivity index (χ4v) is 2.54. The highest BCUT2D eigenvalue weighted by molar-refractivity contribution is 6.31. The van der Waals surface area contributed by atoms with Crippen molar-refractivity contribution in [2.45, 2.75) is 6.42 Å². The number of halogens is 2. The monoisotopic (exact) mass is 299 g/mol. The molecule has 0 spiro atoms. The Labute approximate surface area is 126 Å². The summed E-state index contributed by atoms with van der Waals surface area (Å²) in [5, 5.41) is 1.95. The molecule has 0 aliphatic rings. The van der Waals surface area contributed by atoms with Crippen LogP contribution in [-0.2, 0) is 6.42 Å². The normalized spacial score (nSPS) is 10.8. The molecule has 0 radical (unpaired) electrons. The highest BCUT2D eigenvalue weighted by atomic mass is 35.5. The van der Waals surface area contributed by atoms with Crippen LogP contribution in [0.1, 0.15) is 15.9 Å². The molecule has 1 aromatic heterocycles. The zero-order chi connectivity index (χ0) is 14.8. The highest BCUT2D eigenvalue weighted by Crippen LogP contribution is 2.23. The summed E-state index contributed by atoms with van der Waals surface area (Å²) in [6.07, 6.45) is 3.25. The van der Waals surface area contributed by atoms with E-state index in [1.165, 1.54) is 12.1 Å². The van der Waals surface area contributed by atoms with Gasteiger partial charge in [0.1, 0.15) is 5.82 Å². The number of fused-ring (bicyclic) bond motifs is 1. The van der Waals surface area contributed by atoms with E-state index < -0.39 is 5.82 Å². The van der Waals surface area contributed by atoms with Crippen molar-refractivity contribution in [1.82, 2.24) is 4.98 Å². The molecule has 3 aromatic rings. The van der Waals surface area contributed by atoms with Crippen LogP contribution in [0.4, 0.5) is 4.39 Å². The standard InChI is InChI=1S/C17H11ClFNO/c18-15-5-2-6-16(19)13(15)9-17(21)12-4-1-3-11-7-8-20-10-14(11)12/h1-8,10H,9H2. The molecule has 0 fully saturated rings. The third-order valence-electron chi connectivity index (χ3n) is 3.38. The van der Waals surface area contributed by atoms with E-state index in [1.54, 1.807) is 30.6 Å². The molecule has 2 aromatic carbocycles. The lowest BCUT2D eigenvalue weighted by Gasteiger charge is -2.07. The van der Waals surface area contributed by atoms with Gasteiger partial charge in [0.15, 0.2) is 5.78 Å². The first-order chi connectivity index (χ1) is 10.2. The number of pyridine rings is 1. The Morgan fingerprint density at radius 3 is 2.76 bits per heavy atom. The Kier molecular flexibility index (Phi) is 3.67. The molecule has 104 valence electrons. The number of benzene rings is 2. The van der Waals surface area contributed by atoms with Crippen molar-refractivity contribution in [3.8, 4) is 0 Å². The number of nitrogens with zero attached hydrogens (tertiary/aromatic N) is 1. The minimum absolute atomic E-state index is 0.0699. The summed E-state index contributed by atoms with van der Waals surface area (Å²) >= 11 is 5.97. The summed E-state index contributed by atoms with van der Waals surface area (Å²) in [5.74, 6) is -0.644. The lowest BCUT2D eigenvalue weighted by atomic mass is 9.98. The molecule has 4 heteroatoms. The first-order valence-electron chi connectivity index (χ1n) is 6.45. The van der Waals surface area contributed by atoms with Crippen LogP contribution in [0.5, 0.6) is 0 Å². The third-order valence-corrected chi connectivity index (χ3v) is 3.74. The number of rotatable bonds is 3. The third kappa shape index (κ3) is 2.65. The maximum atomic E-state index is 13.8. The molecule has 0 aliphatic heterocycles. The van der Waals surface area contributed by atoms with Crippen molar-refractivity contribution in [2.24, 2.45) is 0 Å². The van der Waals surface area contributed by atoms with E-state index >= 15 is 0 Å². The first-order valence-corrected chi connectivity index (χ1v) is 6.83. The number of ketones is 1. The van der Waals surface area contributed by atoms with Crippen molar-refractivity contribution < 1.29 is 9.18 Å². The van der Waals surface area contributed by atoms with Gasteiger partial charge in [0.2, 0.25) is 0 Å². The lowest BCUT2D eigenvalue weighted by Crippen LogP contribution is -2.06. The second kappa shape index (κ2) is 5.62. The van der Waals surface area contributed by atoms with Crippen LogP contribution in [0.25, 0.3) is 10.8 Å². The molecule has 3 rings (SSSR count). The van der Waals surface area contributed by atoms with E-state index in [2.05, 4.69) is 4.98 Å². The fraction of sp³-hybridized carbons (Fsp3) is 0.0588.